The summed E-state index contributed by atoms with van der Waals surface area (Å²) in [5.41, 5.74) is 2.78. The Morgan fingerprint density at radius 2 is 1.44 bits per heavy atom. The third-order valence-corrected chi connectivity index (χ3v) is 9.96. The lowest BCUT2D eigenvalue weighted by Crippen LogP contribution is -2.28. The number of amides is 1. The van der Waals surface area contributed by atoms with Crippen LogP contribution in [0.2, 0.25) is 0 Å². The second kappa shape index (κ2) is 14.1. The number of carbonyl (C=O) groups excluding carboxylic acids is 1. The van der Waals surface area contributed by atoms with Crippen LogP contribution in [0, 0.1) is 0 Å². The number of rotatable bonds is 11. The van der Waals surface area contributed by atoms with Crippen molar-refractivity contribution < 1.29 is 31.1 Å². The lowest BCUT2D eigenvalue weighted by atomic mass is 10.2. The maximum Gasteiger partial charge on any atom is 0.263 e. The van der Waals surface area contributed by atoms with E-state index in [0.717, 1.165) is 28.7 Å². The molecule has 0 saturated heterocycles. The molecule has 5 heterocycles. The van der Waals surface area contributed by atoms with E-state index >= 15 is 0 Å². The van der Waals surface area contributed by atoms with Gasteiger partial charge in [0.15, 0.2) is 0 Å². The van der Waals surface area contributed by atoms with Gasteiger partial charge in [0.05, 0.1) is 41.6 Å². The van der Waals surface area contributed by atoms with Gasteiger partial charge in [0.1, 0.15) is 53.7 Å². The van der Waals surface area contributed by atoms with Gasteiger partial charge in [-0.05, 0) is 40.9 Å². The van der Waals surface area contributed by atoms with E-state index in [2.05, 4.69) is 31.2 Å². The summed E-state index contributed by atoms with van der Waals surface area (Å²) in [5, 5.41) is 2.74. The third kappa shape index (κ3) is 8.82. The molecule has 1 aliphatic rings. The zero-order valence-electron chi connectivity index (χ0n) is 26.7. The molecule has 1 amide bonds. The van der Waals surface area contributed by atoms with Crippen LogP contribution in [-0.2, 0) is 32.5 Å². The molecule has 0 aromatic carbocycles. The van der Waals surface area contributed by atoms with Crippen molar-refractivity contribution in [1.82, 2.24) is 23.3 Å². The van der Waals surface area contributed by atoms with Crippen LogP contribution in [0.25, 0.3) is 11.3 Å². The van der Waals surface area contributed by atoms with Crippen molar-refractivity contribution in [2.45, 2.75) is 31.7 Å². The Kier molecular flexibility index (Phi) is 10.3. The SMILES string of the molecule is COc1cc2nc(CCS(C)(=O)=O)cn2cc1Br.COc1cc2nc(CCS(C)(=O)=O)cn2cc1NC(=O)c1cccn(C2CC2)c1=O. The number of pyridine rings is 3. The molecule has 0 spiro atoms. The van der Waals surface area contributed by atoms with Gasteiger partial charge < -0.3 is 28.2 Å². The Labute approximate surface area is 285 Å². The minimum Gasteiger partial charge on any atom is -0.495 e. The number of methoxy groups -OCH3 is 2. The van der Waals surface area contributed by atoms with Crippen LogP contribution in [0.3, 0.4) is 0 Å². The first-order valence-electron chi connectivity index (χ1n) is 14.8. The summed E-state index contributed by atoms with van der Waals surface area (Å²) in [5.74, 6) is 0.663. The highest BCUT2D eigenvalue weighted by atomic mass is 79.9. The van der Waals surface area contributed by atoms with Gasteiger partial charge in [0, 0.05) is 74.5 Å². The van der Waals surface area contributed by atoms with E-state index in [1.807, 2.05) is 16.8 Å². The number of nitrogens with one attached hydrogen (secondary N) is 1. The molecule has 256 valence electrons. The number of anilines is 1. The zero-order valence-corrected chi connectivity index (χ0v) is 29.9. The van der Waals surface area contributed by atoms with Crippen LogP contribution in [-0.4, -0.2) is 84.3 Å². The molecule has 17 heteroatoms. The van der Waals surface area contributed by atoms with Gasteiger partial charge in [-0.25, -0.2) is 26.8 Å². The second-order valence-corrected chi connectivity index (χ2v) is 16.9. The van der Waals surface area contributed by atoms with E-state index in [1.165, 1.54) is 25.7 Å². The zero-order chi connectivity index (χ0) is 34.8. The molecule has 5 aromatic rings. The van der Waals surface area contributed by atoms with Crippen LogP contribution >= 0.6 is 15.9 Å². The maximum atomic E-state index is 12.8. The monoisotopic (exact) mass is 762 g/mol. The molecule has 48 heavy (non-hydrogen) atoms. The summed E-state index contributed by atoms with van der Waals surface area (Å²) in [6.07, 6.45) is 13.7. The second-order valence-electron chi connectivity index (χ2n) is 11.5. The number of ether oxygens (including phenoxy) is 2. The number of hydrogen-bond donors (Lipinski definition) is 1. The lowest BCUT2D eigenvalue weighted by Gasteiger charge is -2.11. The Hall–Kier alpha value is -4.22. The molecule has 0 atom stereocenters. The molecular formula is C31H35BrN6O8S2. The minimum absolute atomic E-state index is 0.00110. The van der Waals surface area contributed by atoms with Gasteiger partial charge in [0.25, 0.3) is 11.5 Å². The minimum atomic E-state index is -3.10. The van der Waals surface area contributed by atoms with Crippen molar-refractivity contribution in [2.24, 2.45) is 0 Å². The number of sulfone groups is 2. The van der Waals surface area contributed by atoms with Gasteiger partial charge >= 0.3 is 0 Å². The molecule has 0 radical (unpaired) electrons. The third-order valence-electron chi connectivity index (χ3n) is 7.47. The fourth-order valence-electron chi connectivity index (χ4n) is 4.86. The normalized spacial score (nSPS) is 13.3. The highest BCUT2D eigenvalue weighted by Gasteiger charge is 2.26. The van der Waals surface area contributed by atoms with Crippen LogP contribution in [0.1, 0.15) is 40.6 Å². The summed E-state index contributed by atoms with van der Waals surface area (Å²) in [6.45, 7) is 0. The van der Waals surface area contributed by atoms with Crippen LogP contribution in [0.4, 0.5) is 5.69 Å². The lowest BCUT2D eigenvalue weighted by molar-refractivity contribution is 0.102. The van der Waals surface area contributed by atoms with E-state index in [0.29, 0.717) is 34.9 Å². The van der Waals surface area contributed by atoms with E-state index < -0.39 is 25.6 Å². The van der Waals surface area contributed by atoms with Crippen LogP contribution in [0.5, 0.6) is 11.5 Å². The standard InChI is InChI=1S/C20H22N4O5S.C11H13BrN2O3S/c1-29-17-10-18-21-13(7-9-30(2,27)28)11-23(18)12-16(17)22-19(25)15-4-3-8-24(20(15)26)14-5-6-14;1-17-10-5-11-13-8(3-4-18(2,15)16)6-14(11)7-9(10)12/h3-4,8,10-12,14H,5-7,9H2,1-2H3,(H,22,25);5-7H,3-4H2,1-2H3. The predicted octanol–water partition coefficient (Wildman–Crippen LogP) is 3.37. The molecule has 0 bridgehead atoms. The number of aromatic nitrogens is 5. The summed E-state index contributed by atoms with van der Waals surface area (Å²) in [6, 6.07) is 6.81. The molecule has 1 fully saturated rings. The van der Waals surface area contributed by atoms with Gasteiger partial charge in [-0.2, -0.15) is 0 Å². The van der Waals surface area contributed by atoms with E-state index in [4.69, 9.17) is 9.47 Å². The summed E-state index contributed by atoms with van der Waals surface area (Å²) in [7, 11) is -3.01. The molecule has 0 unspecified atom stereocenters. The van der Waals surface area contributed by atoms with Gasteiger partial charge in [-0.1, -0.05) is 0 Å². The van der Waals surface area contributed by atoms with Crippen molar-refractivity contribution >= 4 is 58.5 Å². The fourth-order valence-corrected chi connectivity index (χ4v) is 6.52. The van der Waals surface area contributed by atoms with E-state index in [1.54, 1.807) is 52.9 Å². The van der Waals surface area contributed by atoms with E-state index in [9.17, 15) is 26.4 Å². The van der Waals surface area contributed by atoms with Crippen molar-refractivity contribution in [3.05, 3.63) is 87.0 Å². The fraction of sp³-hybridized carbons (Fsp3) is 0.355. The first-order chi connectivity index (χ1) is 22.6. The van der Waals surface area contributed by atoms with Gasteiger partial charge in [-0.3, -0.25) is 9.59 Å². The quantitative estimate of drug-likeness (QED) is 0.210. The average Bonchev–Trinajstić information content (AvgIpc) is 3.66. The topological polar surface area (TPSA) is 172 Å². The Morgan fingerprint density at radius 3 is 1.96 bits per heavy atom. The Morgan fingerprint density at radius 1 is 0.896 bits per heavy atom. The summed E-state index contributed by atoms with van der Waals surface area (Å²) in [4.78, 5) is 34.2. The number of nitrogens with zero attached hydrogens (tertiary/aromatic N) is 5. The van der Waals surface area contributed by atoms with Crippen molar-refractivity contribution in [3.8, 4) is 11.5 Å². The van der Waals surface area contributed by atoms with Gasteiger partial charge in [0.2, 0.25) is 0 Å². The number of carbonyl (C=O) groups is 1. The molecule has 0 aliphatic heterocycles. The number of hydrogen-bond acceptors (Lipinski definition) is 10. The molecule has 1 aliphatic carbocycles. The molecule has 14 nitrogen and oxygen atoms in total. The largest absolute Gasteiger partial charge is 0.495 e. The Balaban J connectivity index is 0.000000214. The molecule has 5 aromatic heterocycles. The van der Waals surface area contributed by atoms with Crippen LogP contribution in [0.15, 0.2) is 64.5 Å². The first-order valence-corrected chi connectivity index (χ1v) is 19.7. The summed E-state index contributed by atoms with van der Waals surface area (Å²) < 4.78 is 61.5. The maximum absolute atomic E-state index is 12.8. The predicted molar refractivity (Wildman–Crippen MR) is 185 cm³/mol. The molecule has 6 rings (SSSR count). The van der Waals surface area contributed by atoms with Gasteiger partial charge in [-0.15, -0.1) is 0 Å². The molecule has 1 saturated carbocycles. The number of fused-ring (bicyclic) bond motifs is 2. The number of aryl methyl sites for hydroxylation is 2. The Bertz CT molecular complexity index is 2280. The van der Waals surface area contributed by atoms with E-state index in [-0.39, 0.29) is 35.1 Å². The smallest absolute Gasteiger partial charge is 0.263 e. The number of imidazole rings is 2. The highest BCUT2D eigenvalue weighted by molar-refractivity contribution is 9.10. The van der Waals surface area contributed by atoms with Crippen molar-refractivity contribution in [3.63, 3.8) is 0 Å². The van der Waals surface area contributed by atoms with Crippen molar-refractivity contribution in [2.75, 3.05) is 43.6 Å². The highest BCUT2D eigenvalue weighted by Crippen LogP contribution is 2.33. The van der Waals surface area contributed by atoms with Crippen LogP contribution < -0.4 is 20.3 Å². The molecular weight excluding hydrogens is 728 g/mol. The number of halogens is 1. The average molecular weight is 764 g/mol. The first kappa shape index (κ1) is 35.1. The molecule has 1 N–H and O–H groups in total. The van der Waals surface area contributed by atoms with Crippen molar-refractivity contribution in [1.29, 1.82) is 0 Å². The summed E-state index contributed by atoms with van der Waals surface area (Å²) >= 11 is 3.39.